The highest BCUT2D eigenvalue weighted by Crippen LogP contribution is 2.24. The van der Waals surface area contributed by atoms with Crippen molar-refractivity contribution in [1.82, 2.24) is 9.88 Å². The van der Waals surface area contributed by atoms with Crippen LogP contribution in [0.25, 0.3) is 10.9 Å². The summed E-state index contributed by atoms with van der Waals surface area (Å²) in [5, 5.41) is 14.0. The smallest absolute Gasteiger partial charge is 0.0684 e. The van der Waals surface area contributed by atoms with Crippen molar-refractivity contribution in [2.75, 3.05) is 0 Å². The van der Waals surface area contributed by atoms with Gasteiger partial charge in [-0.05, 0) is 56.2 Å². The summed E-state index contributed by atoms with van der Waals surface area (Å²) in [5.41, 5.74) is 2.36. The number of benzene rings is 1. The Morgan fingerprint density at radius 3 is 2.86 bits per heavy atom. The van der Waals surface area contributed by atoms with E-state index in [1.165, 1.54) is 29.3 Å². The Kier molecular flexibility index (Phi) is 3.73. The molecule has 1 aromatic heterocycles. The molecule has 3 heteroatoms. The van der Waals surface area contributed by atoms with Gasteiger partial charge in [0, 0.05) is 30.8 Å². The van der Waals surface area contributed by atoms with Gasteiger partial charge in [-0.1, -0.05) is 12.1 Å². The van der Waals surface area contributed by atoms with E-state index in [9.17, 15) is 0 Å². The van der Waals surface area contributed by atoms with Gasteiger partial charge in [0.2, 0.25) is 0 Å². The van der Waals surface area contributed by atoms with Gasteiger partial charge in [-0.2, -0.15) is 5.26 Å². The van der Waals surface area contributed by atoms with Gasteiger partial charge in [-0.15, -0.1) is 0 Å². The first-order chi connectivity index (χ1) is 10.1. The van der Waals surface area contributed by atoms with Crippen molar-refractivity contribution >= 4 is 10.9 Å². The fraction of sp³-hybridized carbons (Fsp3) is 0.500. The lowest BCUT2D eigenvalue weighted by Crippen LogP contribution is -2.15. The largest absolute Gasteiger partial charge is 0.347 e. The molecule has 1 N–H and O–H groups in total. The Labute approximate surface area is 126 Å². The molecule has 2 aromatic rings. The van der Waals surface area contributed by atoms with Crippen LogP contribution in [0.4, 0.5) is 0 Å². The van der Waals surface area contributed by atoms with Crippen molar-refractivity contribution < 1.29 is 0 Å². The average Bonchev–Trinajstić information content (AvgIpc) is 3.23. The fourth-order valence-electron chi connectivity index (χ4n) is 2.54. The summed E-state index contributed by atoms with van der Waals surface area (Å²) in [4.78, 5) is 0. The van der Waals surface area contributed by atoms with Crippen molar-refractivity contribution in [3.63, 3.8) is 0 Å². The number of nitrogens with zero attached hydrogens (tertiary/aromatic N) is 2. The number of rotatable bonds is 6. The molecule has 0 radical (unpaired) electrons. The highest BCUT2D eigenvalue weighted by Gasteiger charge is 2.20. The van der Waals surface area contributed by atoms with Crippen molar-refractivity contribution in [2.45, 2.75) is 52.2 Å². The van der Waals surface area contributed by atoms with E-state index in [0.29, 0.717) is 0 Å². The lowest BCUT2D eigenvalue weighted by atomic mass is 9.91. The van der Waals surface area contributed by atoms with Crippen molar-refractivity contribution in [2.24, 2.45) is 5.41 Å². The minimum atomic E-state index is -0.262. The molecule has 1 heterocycles. The Hall–Kier alpha value is -1.79. The van der Waals surface area contributed by atoms with Gasteiger partial charge in [0.15, 0.2) is 0 Å². The van der Waals surface area contributed by atoms with Crippen LogP contribution >= 0.6 is 0 Å². The molecule has 0 unspecified atom stereocenters. The summed E-state index contributed by atoms with van der Waals surface area (Å²) in [6.07, 6.45) is 5.65. The van der Waals surface area contributed by atoms with Crippen molar-refractivity contribution in [1.29, 1.82) is 5.26 Å². The molecule has 1 saturated carbocycles. The summed E-state index contributed by atoms with van der Waals surface area (Å²) in [6.45, 7) is 5.85. The van der Waals surface area contributed by atoms with Crippen LogP contribution in [0.15, 0.2) is 30.5 Å². The van der Waals surface area contributed by atoms with Gasteiger partial charge in [0.25, 0.3) is 0 Å². The molecule has 0 bridgehead atoms. The summed E-state index contributed by atoms with van der Waals surface area (Å²) in [6, 6.07) is 12.0. The highest BCUT2D eigenvalue weighted by atomic mass is 15.0. The van der Waals surface area contributed by atoms with Crippen LogP contribution in [0.1, 0.15) is 38.7 Å². The second-order valence-electron chi connectivity index (χ2n) is 6.80. The third-order valence-corrected chi connectivity index (χ3v) is 4.29. The Balaban J connectivity index is 1.75. The normalized spacial score (nSPS) is 15.3. The zero-order valence-electron chi connectivity index (χ0n) is 12.9. The molecular formula is C18H23N3. The summed E-state index contributed by atoms with van der Waals surface area (Å²) < 4.78 is 2.27. The highest BCUT2D eigenvalue weighted by molar-refractivity contribution is 5.80. The van der Waals surface area contributed by atoms with Gasteiger partial charge < -0.3 is 9.88 Å². The topological polar surface area (TPSA) is 40.8 Å². The predicted molar refractivity (Wildman–Crippen MR) is 85.8 cm³/mol. The number of aryl methyl sites for hydroxylation is 1. The Morgan fingerprint density at radius 2 is 2.14 bits per heavy atom. The van der Waals surface area contributed by atoms with Crippen molar-refractivity contribution in [3.8, 4) is 6.07 Å². The van der Waals surface area contributed by atoms with Crippen LogP contribution in [0.2, 0.25) is 0 Å². The van der Waals surface area contributed by atoms with E-state index in [-0.39, 0.29) is 5.41 Å². The molecule has 0 amide bonds. The average molecular weight is 281 g/mol. The number of fused-ring (bicyclic) bond motifs is 1. The molecule has 110 valence electrons. The number of aromatic nitrogens is 1. The molecule has 0 spiro atoms. The molecule has 3 rings (SSSR count). The van der Waals surface area contributed by atoms with Crippen molar-refractivity contribution in [3.05, 3.63) is 36.0 Å². The number of nitriles is 1. The van der Waals surface area contributed by atoms with E-state index < -0.39 is 0 Å². The minimum absolute atomic E-state index is 0.262. The maximum Gasteiger partial charge on any atom is 0.0684 e. The summed E-state index contributed by atoms with van der Waals surface area (Å²) in [7, 11) is 0. The van der Waals surface area contributed by atoms with E-state index in [4.69, 9.17) is 5.26 Å². The van der Waals surface area contributed by atoms with E-state index in [0.717, 1.165) is 25.6 Å². The SMILES string of the molecule is CC(C)(C#N)CCn1ccc2ccc(CNC3CC3)cc21. The van der Waals surface area contributed by atoms with E-state index in [2.05, 4.69) is 46.4 Å². The maximum atomic E-state index is 9.14. The first kappa shape index (κ1) is 14.2. The second-order valence-corrected chi connectivity index (χ2v) is 6.80. The predicted octanol–water partition coefficient (Wildman–Crippen LogP) is 3.83. The van der Waals surface area contributed by atoms with Gasteiger partial charge in [-0.25, -0.2) is 0 Å². The molecule has 1 aliphatic rings. The van der Waals surface area contributed by atoms with Crippen LogP contribution in [0.5, 0.6) is 0 Å². The standard InChI is InChI=1S/C18H23N3/c1-18(2,13-19)8-10-21-9-7-15-4-3-14(11-17(15)21)12-20-16-5-6-16/h3-4,7,9,11,16,20H,5-6,8,10,12H2,1-2H3. The van der Waals surface area contributed by atoms with Gasteiger partial charge in [0.05, 0.1) is 11.5 Å². The Bertz CT molecular complexity index is 671. The molecular weight excluding hydrogens is 258 g/mol. The van der Waals surface area contributed by atoms with Crippen LogP contribution in [0.3, 0.4) is 0 Å². The van der Waals surface area contributed by atoms with Gasteiger partial charge >= 0.3 is 0 Å². The number of hydrogen-bond donors (Lipinski definition) is 1. The van der Waals surface area contributed by atoms with Crippen LogP contribution in [-0.2, 0) is 13.1 Å². The quantitative estimate of drug-likeness (QED) is 0.874. The molecule has 0 saturated heterocycles. The monoisotopic (exact) mass is 281 g/mol. The van der Waals surface area contributed by atoms with E-state index in [1.54, 1.807) is 0 Å². The number of hydrogen-bond acceptors (Lipinski definition) is 2. The first-order valence-electron chi connectivity index (χ1n) is 7.80. The molecule has 0 aliphatic heterocycles. The third kappa shape index (κ3) is 3.46. The lowest BCUT2D eigenvalue weighted by Gasteiger charge is -2.16. The molecule has 21 heavy (non-hydrogen) atoms. The fourth-order valence-corrected chi connectivity index (χ4v) is 2.54. The maximum absolute atomic E-state index is 9.14. The van der Waals surface area contributed by atoms with Gasteiger partial charge in [0.1, 0.15) is 0 Å². The molecule has 1 aromatic carbocycles. The van der Waals surface area contributed by atoms with Gasteiger partial charge in [-0.3, -0.25) is 0 Å². The molecule has 0 atom stereocenters. The van der Waals surface area contributed by atoms with Crippen LogP contribution in [-0.4, -0.2) is 10.6 Å². The summed E-state index contributed by atoms with van der Waals surface area (Å²) in [5.74, 6) is 0. The first-order valence-corrected chi connectivity index (χ1v) is 7.80. The zero-order valence-corrected chi connectivity index (χ0v) is 12.9. The van der Waals surface area contributed by atoms with Crippen LogP contribution in [0, 0.1) is 16.7 Å². The van der Waals surface area contributed by atoms with E-state index in [1.807, 2.05) is 13.8 Å². The number of nitrogens with one attached hydrogen (secondary N) is 1. The Morgan fingerprint density at radius 1 is 1.33 bits per heavy atom. The molecule has 1 fully saturated rings. The minimum Gasteiger partial charge on any atom is -0.347 e. The summed E-state index contributed by atoms with van der Waals surface area (Å²) >= 11 is 0. The zero-order chi connectivity index (χ0) is 14.9. The van der Waals surface area contributed by atoms with Crippen LogP contribution < -0.4 is 5.32 Å². The molecule has 1 aliphatic carbocycles. The molecule has 3 nitrogen and oxygen atoms in total. The second kappa shape index (κ2) is 5.54. The lowest BCUT2D eigenvalue weighted by molar-refractivity contribution is 0.417. The van der Waals surface area contributed by atoms with E-state index >= 15 is 0 Å². The third-order valence-electron chi connectivity index (χ3n) is 4.29.